The number of nitrogens with one attached hydrogen (secondary N) is 1. The van der Waals surface area contributed by atoms with Crippen molar-refractivity contribution in [1.29, 1.82) is 0 Å². The molecular formula is C18H21ClNO3P. The summed E-state index contributed by atoms with van der Waals surface area (Å²) in [5.74, 6) is -0.358. The van der Waals surface area contributed by atoms with Gasteiger partial charge < -0.3 is 10.2 Å². The quantitative estimate of drug-likeness (QED) is 0.803. The third-order valence-corrected chi connectivity index (χ3v) is 4.21. The minimum atomic E-state index is -2.71. The van der Waals surface area contributed by atoms with Crippen LogP contribution in [-0.4, -0.2) is 5.91 Å². The van der Waals surface area contributed by atoms with Crippen LogP contribution in [0.3, 0.4) is 0 Å². The van der Waals surface area contributed by atoms with E-state index in [9.17, 15) is 14.3 Å². The van der Waals surface area contributed by atoms with Crippen LogP contribution in [0.15, 0.2) is 42.5 Å². The lowest BCUT2D eigenvalue weighted by molar-refractivity contribution is -0.160. The molecule has 0 saturated carbocycles. The third kappa shape index (κ3) is 5.72. The lowest BCUT2D eigenvalue weighted by atomic mass is 10.1. The van der Waals surface area contributed by atoms with Crippen molar-refractivity contribution in [2.24, 2.45) is 0 Å². The Morgan fingerprint density at radius 3 is 2.54 bits per heavy atom. The maximum absolute atomic E-state index is 12.2. The molecule has 6 heteroatoms. The Kier molecular flexibility index (Phi) is 8.62. The van der Waals surface area contributed by atoms with Gasteiger partial charge in [0.15, 0.2) is 5.30 Å². The molecule has 0 aliphatic rings. The van der Waals surface area contributed by atoms with Crippen LogP contribution in [-0.2, 0) is 11.0 Å². The minimum absolute atomic E-state index is 0.116. The summed E-state index contributed by atoms with van der Waals surface area (Å²) in [6.45, 7) is 6.05. The monoisotopic (exact) mass is 365 g/mol. The zero-order valence-corrected chi connectivity index (χ0v) is 15.7. The van der Waals surface area contributed by atoms with Crippen molar-refractivity contribution in [2.45, 2.75) is 33.6 Å². The van der Waals surface area contributed by atoms with Crippen LogP contribution in [0.5, 0.6) is 0 Å². The van der Waals surface area contributed by atoms with Crippen molar-refractivity contribution in [2.75, 3.05) is 5.32 Å². The normalized spacial score (nSPS) is 10.5. The number of hydrogen-bond donors (Lipinski definition) is 1. The highest BCUT2D eigenvalue weighted by atomic mass is 35.5. The van der Waals surface area contributed by atoms with Gasteiger partial charge in [0.1, 0.15) is 0 Å². The van der Waals surface area contributed by atoms with Gasteiger partial charge in [-0.05, 0) is 42.3 Å². The topological polar surface area (TPSA) is 69.2 Å². The van der Waals surface area contributed by atoms with Crippen LogP contribution < -0.4 is 15.5 Å². The van der Waals surface area contributed by atoms with Gasteiger partial charge >= 0.3 is 8.03 Å². The molecule has 0 aliphatic heterocycles. The number of anilines is 1. The summed E-state index contributed by atoms with van der Waals surface area (Å²) in [4.78, 5) is 23.2. The molecule has 4 nitrogen and oxygen atoms in total. The predicted octanol–water partition coefficient (Wildman–Crippen LogP) is 4.30. The summed E-state index contributed by atoms with van der Waals surface area (Å²) in [5.41, 5.74) is 1.90. The average molecular weight is 366 g/mol. The Bertz CT molecular complexity index is 719. The van der Waals surface area contributed by atoms with Gasteiger partial charge in [0.05, 0.1) is 0 Å². The van der Waals surface area contributed by atoms with Crippen molar-refractivity contribution in [1.82, 2.24) is 0 Å². The summed E-state index contributed by atoms with van der Waals surface area (Å²) in [7, 11) is -2.71. The van der Waals surface area contributed by atoms with Gasteiger partial charge in [0, 0.05) is 22.3 Å². The predicted molar refractivity (Wildman–Crippen MR) is 98.4 cm³/mol. The first-order valence-electron chi connectivity index (χ1n) is 7.85. The molecular weight excluding hydrogens is 345 g/mol. The van der Waals surface area contributed by atoms with Gasteiger partial charge in [-0.1, -0.05) is 49.4 Å². The molecule has 128 valence electrons. The first-order valence-corrected chi connectivity index (χ1v) is 9.41. The van der Waals surface area contributed by atoms with Gasteiger partial charge in [0.2, 0.25) is 0 Å². The van der Waals surface area contributed by atoms with Gasteiger partial charge in [-0.3, -0.25) is 4.79 Å². The average Bonchev–Trinajstić information content (AvgIpc) is 2.60. The number of carbonyl (C=O) groups excluding carboxylic acids is 1. The molecule has 0 aliphatic carbocycles. The minimum Gasteiger partial charge on any atom is -0.591 e. The van der Waals surface area contributed by atoms with Crippen LogP contribution in [0, 0.1) is 0 Å². The van der Waals surface area contributed by atoms with Gasteiger partial charge in [-0.2, -0.15) is 0 Å². The second-order valence-electron chi connectivity index (χ2n) is 4.82. The molecule has 0 spiro atoms. The van der Waals surface area contributed by atoms with Crippen molar-refractivity contribution in [3.05, 3.63) is 58.6 Å². The van der Waals surface area contributed by atoms with Crippen LogP contribution in [0.4, 0.5) is 5.69 Å². The van der Waals surface area contributed by atoms with Crippen molar-refractivity contribution in [3.8, 4) is 0 Å². The molecule has 0 saturated heterocycles. The van der Waals surface area contributed by atoms with E-state index in [1.54, 1.807) is 24.3 Å². The molecule has 1 N–H and O–H groups in total. The fourth-order valence-corrected chi connectivity index (χ4v) is 2.74. The SMILES string of the molecule is CC.CCCc1cc(NC(=O)c2cccc([P+](=O)[O-])c2)ccc1Cl. The Hall–Kier alpha value is -1.74. The Morgan fingerprint density at radius 2 is 1.92 bits per heavy atom. The second-order valence-corrected chi connectivity index (χ2v) is 6.26. The first kappa shape index (κ1) is 20.3. The number of benzene rings is 2. The summed E-state index contributed by atoms with van der Waals surface area (Å²) in [6, 6.07) is 11.2. The number of carbonyl (C=O) groups is 1. The summed E-state index contributed by atoms with van der Waals surface area (Å²) in [5, 5.41) is 3.54. The van der Waals surface area contributed by atoms with Gasteiger partial charge in [0.25, 0.3) is 5.91 Å². The highest BCUT2D eigenvalue weighted by Gasteiger charge is 2.13. The molecule has 2 aromatic rings. The fraction of sp³-hybridized carbons (Fsp3) is 0.278. The molecule has 0 fully saturated rings. The smallest absolute Gasteiger partial charge is 0.348 e. The fourth-order valence-electron chi connectivity index (χ4n) is 2.08. The largest absolute Gasteiger partial charge is 0.591 e. The van der Waals surface area contributed by atoms with E-state index in [0.29, 0.717) is 16.3 Å². The van der Waals surface area contributed by atoms with Crippen LogP contribution >= 0.6 is 19.6 Å². The highest BCUT2D eigenvalue weighted by molar-refractivity contribution is 7.45. The summed E-state index contributed by atoms with van der Waals surface area (Å²) < 4.78 is 11.0. The number of halogens is 1. The maximum Gasteiger partial charge on any atom is 0.348 e. The van der Waals surface area contributed by atoms with Gasteiger partial charge in [-0.15, -0.1) is 0 Å². The standard InChI is InChI=1S/C16H15ClNO3P.C2H6/c1-2-4-11-9-13(7-8-15(11)17)18-16(19)12-5-3-6-14(10-12)22(20)21;1-2/h3,5-10H,2,4H2,1H3,(H,18,19);1-2H3. The van der Waals surface area contributed by atoms with Crippen LogP contribution in [0.1, 0.15) is 43.1 Å². The van der Waals surface area contributed by atoms with E-state index in [1.165, 1.54) is 12.1 Å². The molecule has 1 unspecified atom stereocenters. The van der Waals surface area contributed by atoms with Crippen molar-refractivity contribution < 1.29 is 14.3 Å². The molecule has 0 bridgehead atoms. The number of amides is 1. The number of hydrogen-bond acceptors (Lipinski definition) is 3. The van der Waals surface area contributed by atoms with E-state index in [4.69, 9.17) is 11.6 Å². The summed E-state index contributed by atoms with van der Waals surface area (Å²) >= 11 is 6.10. The Morgan fingerprint density at radius 1 is 1.21 bits per heavy atom. The Balaban J connectivity index is 0.00000139. The van der Waals surface area contributed by atoms with Crippen molar-refractivity contribution >= 4 is 36.5 Å². The zero-order valence-electron chi connectivity index (χ0n) is 14.0. The molecule has 1 atom stereocenters. The zero-order chi connectivity index (χ0) is 18.1. The van der Waals surface area contributed by atoms with E-state index in [2.05, 4.69) is 12.2 Å². The van der Waals surface area contributed by atoms with Crippen LogP contribution in [0.25, 0.3) is 0 Å². The number of rotatable bonds is 5. The molecule has 0 heterocycles. The molecule has 1 amide bonds. The molecule has 24 heavy (non-hydrogen) atoms. The van der Waals surface area contributed by atoms with E-state index in [1.807, 2.05) is 19.9 Å². The van der Waals surface area contributed by atoms with E-state index < -0.39 is 8.03 Å². The molecule has 2 aromatic carbocycles. The summed E-state index contributed by atoms with van der Waals surface area (Å²) in [6.07, 6.45) is 1.78. The van der Waals surface area contributed by atoms with Gasteiger partial charge in [-0.25, -0.2) is 0 Å². The van der Waals surface area contributed by atoms with E-state index in [0.717, 1.165) is 18.4 Å². The van der Waals surface area contributed by atoms with Crippen molar-refractivity contribution in [3.63, 3.8) is 0 Å². The Labute approximate surface area is 148 Å². The molecule has 0 radical (unpaired) electrons. The number of aryl methyl sites for hydroxylation is 1. The van der Waals surface area contributed by atoms with E-state index >= 15 is 0 Å². The second kappa shape index (κ2) is 10.2. The molecule has 0 aromatic heterocycles. The lowest BCUT2D eigenvalue weighted by Gasteiger charge is -2.09. The third-order valence-electron chi connectivity index (χ3n) is 3.14. The van der Waals surface area contributed by atoms with Crippen LogP contribution in [0.2, 0.25) is 5.02 Å². The van der Waals surface area contributed by atoms with E-state index in [-0.39, 0.29) is 11.2 Å². The maximum atomic E-state index is 12.2. The lowest BCUT2D eigenvalue weighted by Crippen LogP contribution is -2.15. The molecule has 2 rings (SSSR count). The first-order chi connectivity index (χ1) is 11.5. The highest BCUT2D eigenvalue weighted by Crippen LogP contribution is 2.22.